The predicted molar refractivity (Wildman–Crippen MR) is 89.2 cm³/mol. The summed E-state index contributed by atoms with van der Waals surface area (Å²) in [5.74, 6) is -1.25. The Kier molecular flexibility index (Phi) is 6.89. The molecule has 0 aliphatic carbocycles. The van der Waals surface area contributed by atoms with Gasteiger partial charge < -0.3 is 24.4 Å². The third-order valence-corrected chi connectivity index (χ3v) is 4.20. The van der Waals surface area contributed by atoms with Crippen LogP contribution in [-0.2, 0) is 14.3 Å². The van der Waals surface area contributed by atoms with Gasteiger partial charge in [-0.1, -0.05) is 6.07 Å². The molecule has 0 bridgehead atoms. The van der Waals surface area contributed by atoms with E-state index >= 15 is 0 Å². The van der Waals surface area contributed by atoms with Gasteiger partial charge >= 0.3 is 12.3 Å². The molecule has 1 aromatic carbocycles. The van der Waals surface area contributed by atoms with Crippen molar-refractivity contribution < 1.29 is 37.3 Å². The fraction of sp³-hybridized carbons (Fsp3) is 0.529. The third-order valence-electron chi connectivity index (χ3n) is 4.20. The Morgan fingerprint density at radius 2 is 2.04 bits per heavy atom. The number of hydrogen-bond donors (Lipinski definition) is 1. The van der Waals surface area contributed by atoms with Crippen molar-refractivity contribution in [2.75, 3.05) is 38.3 Å². The molecular formula is C17H21F3N2O5. The molecule has 0 spiro atoms. The van der Waals surface area contributed by atoms with E-state index in [2.05, 4.69) is 4.74 Å². The number of alkyl halides is 3. The summed E-state index contributed by atoms with van der Waals surface area (Å²) >= 11 is 0. The van der Waals surface area contributed by atoms with Gasteiger partial charge in [-0.2, -0.15) is 0 Å². The Bertz CT molecular complexity index is 668. The first kappa shape index (κ1) is 20.8. The van der Waals surface area contributed by atoms with Crippen LogP contribution < -0.4 is 9.64 Å². The quantitative estimate of drug-likeness (QED) is 0.743. The lowest BCUT2D eigenvalue weighted by Gasteiger charge is -2.29. The fourth-order valence-corrected chi connectivity index (χ4v) is 2.96. The van der Waals surface area contributed by atoms with E-state index in [0.717, 1.165) is 0 Å². The molecule has 0 aromatic heterocycles. The number of halogens is 3. The number of methoxy groups -OCH3 is 1. The lowest BCUT2D eigenvalue weighted by atomic mass is 10.1. The number of esters is 1. The van der Waals surface area contributed by atoms with Gasteiger partial charge in [0.1, 0.15) is 11.8 Å². The maximum Gasteiger partial charge on any atom is 0.573 e. The SMILES string of the molecule is COC(=O)[C@H](CCO)N1CCN(c2cccc(OC(F)(F)F)c2)CCC1=O. The molecule has 150 valence electrons. The van der Waals surface area contributed by atoms with Crippen LogP contribution in [0, 0.1) is 0 Å². The number of amides is 1. The number of carbonyl (C=O) groups excluding carboxylic acids is 2. The normalized spacial score (nSPS) is 16.7. The van der Waals surface area contributed by atoms with Crippen molar-refractivity contribution in [2.24, 2.45) is 0 Å². The first-order valence-electron chi connectivity index (χ1n) is 8.34. The van der Waals surface area contributed by atoms with Gasteiger partial charge in [0.2, 0.25) is 5.91 Å². The maximum absolute atomic E-state index is 12.4. The van der Waals surface area contributed by atoms with Crippen molar-refractivity contribution in [3.63, 3.8) is 0 Å². The molecule has 0 saturated carbocycles. The summed E-state index contributed by atoms with van der Waals surface area (Å²) < 4.78 is 45.8. The van der Waals surface area contributed by atoms with Gasteiger partial charge in [0.15, 0.2) is 0 Å². The molecule has 0 radical (unpaired) electrons. The molecule has 27 heavy (non-hydrogen) atoms. The molecule has 1 fully saturated rings. The average molecular weight is 390 g/mol. The summed E-state index contributed by atoms with van der Waals surface area (Å²) in [4.78, 5) is 27.4. The smallest absolute Gasteiger partial charge is 0.467 e. The average Bonchev–Trinajstić information content (AvgIpc) is 2.80. The number of carbonyl (C=O) groups is 2. The van der Waals surface area contributed by atoms with Crippen molar-refractivity contribution in [1.82, 2.24) is 4.90 Å². The molecule has 2 rings (SSSR count). The fourth-order valence-electron chi connectivity index (χ4n) is 2.96. The lowest BCUT2D eigenvalue weighted by molar-refractivity contribution is -0.274. The highest BCUT2D eigenvalue weighted by molar-refractivity contribution is 5.85. The highest BCUT2D eigenvalue weighted by Crippen LogP contribution is 2.27. The van der Waals surface area contributed by atoms with Crippen molar-refractivity contribution in [3.8, 4) is 5.75 Å². The molecule has 1 N–H and O–H groups in total. The minimum absolute atomic E-state index is 0.0489. The Labute approximate surface area is 154 Å². The molecule has 1 aromatic rings. The zero-order chi connectivity index (χ0) is 20.0. The van der Waals surface area contributed by atoms with E-state index in [0.29, 0.717) is 12.2 Å². The molecule has 1 aliphatic rings. The monoisotopic (exact) mass is 390 g/mol. The van der Waals surface area contributed by atoms with Crippen molar-refractivity contribution in [2.45, 2.75) is 25.2 Å². The van der Waals surface area contributed by atoms with Crippen LogP contribution in [0.4, 0.5) is 18.9 Å². The molecule has 1 aliphatic heterocycles. The van der Waals surface area contributed by atoms with E-state index in [9.17, 15) is 22.8 Å². The van der Waals surface area contributed by atoms with Gasteiger partial charge in [-0.05, 0) is 12.1 Å². The Balaban J connectivity index is 2.14. The second-order valence-corrected chi connectivity index (χ2v) is 5.92. The number of rotatable bonds is 6. The first-order valence-corrected chi connectivity index (χ1v) is 8.34. The Morgan fingerprint density at radius 3 is 2.67 bits per heavy atom. The van der Waals surface area contributed by atoms with E-state index in [1.807, 2.05) is 0 Å². The summed E-state index contributed by atoms with van der Waals surface area (Å²) in [5.41, 5.74) is 0.475. The predicted octanol–water partition coefficient (Wildman–Crippen LogP) is 1.55. The minimum Gasteiger partial charge on any atom is -0.467 e. The van der Waals surface area contributed by atoms with Crippen molar-refractivity contribution >= 4 is 17.6 Å². The van der Waals surface area contributed by atoms with Crippen LogP contribution in [0.2, 0.25) is 0 Å². The second-order valence-electron chi connectivity index (χ2n) is 5.92. The Hall–Kier alpha value is -2.49. The van der Waals surface area contributed by atoms with E-state index in [4.69, 9.17) is 9.84 Å². The summed E-state index contributed by atoms with van der Waals surface area (Å²) in [6, 6.07) is 4.60. The first-order chi connectivity index (χ1) is 12.7. The van der Waals surface area contributed by atoms with E-state index in [1.54, 1.807) is 11.0 Å². The molecule has 1 heterocycles. The Morgan fingerprint density at radius 1 is 1.30 bits per heavy atom. The second kappa shape index (κ2) is 8.94. The van der Waals surface area contributed by atoms with Crippen LogP contribution in [0.1, 0.15) is 12.8 Å². The number of anilines is 1. The third kappa shape index (κ3) is 5.75. The standard InChI is InChI=1S/C17H21F3N2O5/c1-26-16(25)14(6-10-23)22-9-8-21(7-5-15(22)24)12-3-2-4-13(11-12)27-17(18,19)20/h2-4,11,14,23H,5-10H2,1H3/t14-/m0/s1. The van der Waals surface area contributed by atoms with Crippen molar-refractivity contribution in [3.05, 3.63) is 24.3 Å². The van der Waals surface area contributed by atoms with E-state index in [-0.39, 0.29) is 44.2 Å². The summed E-state index contributed by atoms with van der Waals surface area (Å²) in [7, 11) is 1.20. The summed E-state index contributed by atoms with van der Waals surface area (Å²) in [6.07, 6.45) is -4.67. The van der Waals surface area contributed by atoms with Gasteiger partial charge in [-0.15, -0.1) is 13.2 Å². The van der Waals surface area contributed by atoms with Crippen molar-refractivity contribution in [1.29, 1.82) is 0 Å². The number of hydrogen-bond acceptors (Lipinski definition) is 6. The highest BCUT2D eigenvalue weighted by atomic mass is 19.4. The van der Waals surface area contributed by atoms with Crippen LogP contribution in [0.3, 0.4) is 0 Å². The van der Waals surface area contributed by atoms with Crippen LogP contribution in [-0.4, -0.2) is 67.6 Å². The zero-order valence-electron chi connectivity index (χ0n) is 14.7. The van der Waals surface area contributed by atoms with Gasteiger partial charge in [-0.25, -0.2) is 4.79 Å². The van der Waals surface area contributed by atoms with Crippen LogP contribution in [0.25, 0.3) is 0 Å². The molecule has 7 nitrogen and oxygen atoms in total. The molecule has 0 unspecified atom stereocenters. The van der Waals surface area contributed by atoms with Crippen LogP contribution >= 0.6 is 0 Å². The number of nitrogens with zero attached hydrogens (tertiary/aromatic N) is 2. The summed E-state index contributed by atoms with van der Waals surface area (Å²) in [6.45, 7) is 0.463. The lowest BCUT2D eigenvalue weighted by Crippen LogP contribution is -2.47. The zero-order valence-corrected chi connectivity index (χ0v) is 14.7. The van der Waals surface area contributed by atoms with Gasteiger partial charge in [0, 0.05) is 50.8 Å². The number of aliphatic hydroxyl groups is 1. The number of ether oxygens (including phenoxy) is 2. The largest absolute Gasteiger partial charge is 0.573 e. The number of benzene rings is 1. The molecule has 1 amide bonds. The van der Waals surface area contributed by atoms with E-state index in [1.165, 1.54) is 30.2 Å². The van der Waals surface area contributed by atoms with Crippen LogP contribution in [0.5, 0.6) is 5.75 Å². The van der Waals surface area contributed by atoms with Gasteiger partial charge in [0.25, 0.3) is 0 Å². The topological polar surface area (TPSA) is 79.3 Å². The van der Waals surface area contributed by atoms with Gasteiger partial charge in [-0.3, -0.25) is 4.79 Å². The summed E-state index contributed by atoms with van der Waals surface area (Å²) in [5, 5.41) is 9.16. The van der Waals surface area contributed by atoms with E-state index < -0.39 is 18.4 Å². The highest BCUT2D eigenvalue weighted by Gasteiger charge is 2.33. The van der Waals surface area contributed by atoms with Crippen LogP contribution in [0.15, 0.2) is 24.3 Å². The molecule has 1 atom stereocenters. The molecule has 10 heteroatoms. The number of aliphatic hydroxyl groups excluding tert-OH is 1. The molecule has 1 saturated heterocycles. The maximum atomic E-state index is 12.4. The minimum atomic E-state index is -4.79. The molecular weight excluding hydrogens is 369 g/mol. The van der Waals surface area contributed by atoms with Gasteiger partial charge in [0.05, 0.1) is 7.11 Å².